The van der Waals surface area contributed by atoms with Gasteiger partial charge in [-0.2, -0.15) is 0 Å². The molecule has 0 aromatic heterocycles. The van der Waals surface area contributed by atoms with Gasteiger partial charge in [-0.15, -0.1) is 0 Å². The van der Waals surface area contributed by atoms with Crippen LogP contribution in [0, 0.1) is 5.92 Å². The molecular formula is C16H21F2. The maximum Gasteiger partial charge on any atom is 0.239 e. The van der Waals surface area contributed by atoms with Gasteiger partial charge in [-0.25, -0.2) is 8.78 Å². The third-order valence-electron chi connectivity index (χ3n) is 4.00. The molecule has 0 N–H and O–H groups in total. The Morgan fingerprint density at radius 2 is 1.72 bits per heavy atom. The van der Waals surface area contributed by atoms with Gasteiger partial charge in [-0.1, -0.05) is 31.2 Å². The third kappa shape index (κ3) is 3.54. The third-order valence-corrected chi connectivity index (χ3v) is 4.00. The van der Waals surface area contributed by atoms with Gasteiger partial charge >= 0.3 is 0 Å². The number of alkyl halides is 2. The zero-order chi connectivity index (χ0) is 13.0. The molecule has 0 bridgehead atoms. The van der Waals surface area contributed by atoms with E-state index in [0.717, 1.165) is 38.0 Å². The molecule has 1 aromatic carbocycles. The summed E-state index contributed by atoms with van der Waals surface area (Å²) in [5.74, 6) is 1.63. The Labute approximate surface area is 108 Å². The van der Waals surface area contributed by atoms with E-state index < -0.39 is 6.43 Å². The number of halogens is 2. The molecule has 0 heterocycles. The lowest BCUT2D eigenvalue weighted by Crippen LogP contribution is -2.14. The van der Waals surface area contributed by atoms with Crippen LogP contribution >= 0.6 is 0 Å². The van der Waals surface area contributed by atoms with Crippen LogP contribution in [0.3, 0.4) is 0 Å². The largest absolute Gasteiger partial charge is 0.239 e. The lowest BCUT2D eigenvalue weighted by atomic mass is 9.77. The van der Waals surface area contributed by atoms with Crippen molar-refractivity contribution >= 4 is 0 Å². The normalized spacial score (nSPS) is 18.4. The van der Waals surface area contributed by atoms with Crippen molar-refractivity contribution in [3.63, 3.8) is 0 Å². The predicted molar refractivity (Wildman–Crippen MR) is 70.9 cm³/mol. The van der Waals surface area contributed by atoms with Gasteiger partial charge in [0.05, 0.1) is 0 Å². The minimum atomic E-state index is -2.17. The Bertz CT molecular complexity index is 348. The van der Waals surface area contributed by atoms with E-state index in [1.807, 2.05) is 0 Å². The molecule has 99 valence electrons. The summed E-state index contributed by atoms with van der Waals surface area (Å²) in [6.45, 7) is 2.15. The van der Waals surface area contributed by atoms with E-state index in [0.29, 0.717) is 5.92 Å². The van der Waals surface area contributed by atoms with Crippen LogP contribution in [0.5, 0.6) is 0 Å². The van der Waals surface area contributed by atoms with Gasteiger partial charge in [0, 0.05) is 6.42 Å². The summed E-state index contributed by atoms with van der Waals surface area (Å²) >= 11 is 0. The molecule has 0 saturated heterocycles. The topological polar surface area (TPSA) is 0 Å². The molecule has 1 aromatic rings. The highest BCUT2D eigenvalue weighted by molar-refractivity contribution is 5.26. The second-order valence-electron chi connectivity index (χ2n) is 5.21. The van der Waals surface area contributed by atoms with Crippen molar-refractivity contribution in [2.75, 3.05) is 0 Å². The van der Waals surface area contributed by atoms with E-state index in [1.165, 1.54) is 11.1 Å². The van der Waals surface area contributed by atoms with Crippen LogP contribution in [0.4, 0.5) is 8.78 Å². The monoisotopic (exact) mass is 251 g/mol. The van der Waals surface area contributed by atoms with E-state index >= 15 is 0 Å². The first-order chi connectivity index (χ1) is 8.69. The van der Waals surface area contributed by atoms with Crippen LogP contribution in [0.1, 0.15) is 56.1 Å². The summed E-state index contributed by atoms with van der Waals surface area (Å²) in [5, 5.41) is 0. The maximum atomic E-state index is 12.3. The first-order valence-electron chi connectivity index (χ1n) is 6.89. The molecule has 1 aliphatic rings. The predicted octanol–water partition coefficient (Wildman–Crippen LogP) is 5.14. The summed E-state index contributed by atoms with van der Waals surface area (Å²) in [7, 11) is 0. The summed E-state index contributed by atoms with van der Waals surface area (Å²) in [5.41, 5.74) is 2.74. The molecule has 0 aliphatic heterocycles. The fraction of sp³-hybridized carbons (Fsp3) is 0.562. The van der Waals surface area contributed by atoms with E-state index in [2.05, 4.69) is 31.2 Å². The Morgan fingerprint density at radius 1 is 1.11 bits per heavy atom. The molecule has 1 aliphatic carbocycles. The smallest absolute Gasteiger partial charge is 0.211 e. The molecule has 2 rings (SSSR count). The fourth-order valence-corrected chi connectivity index (χ4v) is 2.81. The second-order valence-corrected chi connectivity index (χ2v) is 5.21. The molecule has 18 heavy (non-hydrogen) atoms. The van der Waals surface area contributed by atoms with Gasteiger partial charge in [0.1, 0.15) is 0 Å². The van der Waals surface area contributed by atoms with Crippen LogP contribution in [-0.2, 0) is 6.42 Å². The average Bonchev–Trinajstić information content (AvgIpc) is 2.39. The molecule has 2 heteroatoms. The highest BCUT2D eigenvalue weighted by Gasteiger charge is 2.24. The maximum absolute atomic E-state index is 12.3. The zero-order valence-electron chi connectivity index (χ0n) is 11.0. The first-order valence-corrected chi connectivity index (χ1v) is 6.89. The number of hydrogen-bond acceptors (Lipinski definition) is 0. The minimum absolute atomic E-state index is 0.0154. The average molecular weight is 251 g/mol. The van der Waals surface area contributed by atoms with Crippen molar-refractivity contribution in [3.05, 3.63) is 41.3 Å². The van der Waals surface area contributed by atoms with Crippen LogP contribution in [0.25, 0.3) is 0 Å². The van der Waals surface area contributed by atoms with Crippen LogP contribution < -0.4 is 0 Å². The van der Waals surface area contributed by atoms with Crippen molar-refractivity contribution in [1.82, 2.24) is 0 Å². The number of benzene rings is 1. The van der Waals surface area contributed by atoms with E-state index in [1.54, 1.807) is 0 Å². The highest BCUT2D eigenvalue weighted by Crippen LogP contribution is 2.39. The Balaban J connectivity index is 1.88. The van der Waals surface area contributed by atoms with E-state index in [9.17, 15) is 8.78 Å². The standard InChI is InChI=1S/C16H21F2/c1-2-12-3-7-14(8-4-12)15-9-5-13(6-10-15)11-16(17)18/h3-4,7-8,15-16H,2,5-6,9-11H2,1H3. The summed E-state index contributed by atoms with van der Waals surface area (Å²) in [4.78, 5) is 0. The van der Waals surface area contributed by atoms with Crippen molar-refractivity contribution in [1.29, 1.82) is 0 Å². The lowest BCUT2D eigenvalue weighted by Gasteiger charge is -2.28. The minimum Gasteiger partial charge on any atom is -0.211 e. The zero-order valence-corrected chi connectivity index (χ0v) is 11.0. The van der Waals surface area contributed by atoms with Gasteiger partial charge in [0.2, 0.25) is 6.43 Å². The van der Waals surface area contributed by atoms with Crippen molar-refractivity contribution in [2.24, 2.45) is 0 Å². The second kappa shape index (κ2) is 6.31. The first kappa shape index (κ1) is 13.5. The Kier molecular flexibility index (Phi) is 4.73. The number of aryl methyl sites for hydroxylation is 1. The molecule has 0 nitrogen and oxygen atoms in total. The van der Waals surface area contributed by atoms with Gasteiger partial charge < -0.3 is 0 Å². The molecular weight excluding hydrogens is 230 g/mol. The SMILES string of the molecule is CCc1ccc(C2CC[C](CC(F)F)CC2)cc1. The van der Waals surface area contributed by atoms with Crippen molar-refractivity contribution in [2.45, 2.75) is 57.8 Å². The van der Waals surface area contributed by atoms with Gasteiger partial charge in [0.15, 0.2) is 0 Å². The van der Waals surface area contributed by atoms with E-state index in [4.69, 9.17) is 0 Å². The molecule has 1 saturated carbocycles. The fourth-order valence-electron chi connectivity index (χ4n) is 2.81. The van der Waals surface area contributed by atoms with Gasteiger partial charge in [-0.05, 0) is 55.1 Å². The van der Waals surface area contributed by atoms with Crippen molar-refractivity contribution in [3.8, 4) is 0 Å². The molecule has 0 unspecified atom stereocenters. The molecule has 0 spiro atoms. The summed E-state index contributed by atoms with van der Waals surface area (Å²) in [6.07, 6.45) is 2.75. The summed E-state index contributed by atoms with van der Waals surface area (Å²) < 4.78 is 24.6. The van der Waals surface area contributed by atoms with Gasteiger partial charge in [-0.3, -0.25) is 0 Å². The van der Waals surface area contributed by atoms with E-state index in [-0.39, 0.29) is 6.42 Å². The van der Waals surface area contributed by atoms with Crippen LogP contribution in [0.2, 0.25) is 0 Å². The molecule has 0 amide bonds. The van der Waals surface area contributed by atoms with Crippen molar-refractivity contribution < 1.29 is 8.78 Å². The number of hydrogen-bond donors (Lipinski definition) is 0. The number of rotatable bonds is 4. The molecule has 1 fully saturated rings. The quantitative estimate of drug-likeness (QED) is 0.695. The summed E-state index contributed by atoms with van der Waals surface area (Å²) in [6, 6.07) is 8.80. The van der Waals surface area contributed by atoms with Crippen LogP contribution in [0.15, 0.2) is 24.3 Å². The molecule has 1 radical (unpaired) electrons. The highest BCUT2D eigenvalue weighted by atomic mass is 19.3. The lowest BCUT2D eigenvalue weighted by molar-refractivity contribution is 0.136. The van der Waals surface area contributed by atoms with Gasteiger partial charge in [0.25, 0.3) is 0 Å². The van der Waals surface area contributed by atoms with Crippen LogP contribution in [-0.4, -0.2) is 6.43 Å². The Hall–Kier alpha value is -0.920. The molecule has 0 atom stereocenters. The Morgan fingerprint density at radius 3 is 2.22 bits per heavy atom.